The van der Waals surface area contributed by atoms with Crippen LogP contribution in [0, 0.1) is 12.3 Å². The molecule has 1 aromatic carbocycles. The largest absolute Gasteiger partial charge is 0.0808 e. The Balaban J connectivity index is 1.93. The third-order valence-corrected chi connectivity index (χ3v) is 2.84. The second-order valence-corrected chi connectivity index (χ2v) is 3.97. The van der Waals surface area contributed by atoms with Gasteiger partial charge in [0.05, 0.1) is 0 Å². The molecule has 1 radical (unpaired) electrons. The first-order chi connectivity index (χ1) is 6.95. The molecule has 1 saturated carbocycles. The summed E-state index contributed by atoms with van der Waals surface area (Å²) in [5, 5.41) is 0. The molecule has 0 saturated heterocycles. The summed E-state index contributed by atoms with van der Waals surface area (Å²) in [6.07, 6.45) is 12.3. The van der Waals surface area contributed by atoms with Crippen molar-refractivity contribution >= 4 is 6.08 Å². The summed E-state index contributed by atoms with van der Waals surface area (Å²) >= 11 is 0. The van der Waals surface area contributed by atoms with Crippen molar-refractivity contribution in [2.45, 2.75) is 25.7 Å². The number of allylic oxidation sites excluding steroid dienone is 1. The van der Waals surface area contributed by atoms with E-state index in [0.717, 1.165) is 5.92 Å². The van der Waals surface area contributed by atoms with E-state index in [1.54, 1.807) is 0 Å². The second-order valence-electron chi connectivity index (χ2n) is 3.97. The highest BCUT2D eigenvalue weighted by molar-refractivity contribution is 5.48. The van der Waals surface area contributed by atoms with Crippen LogP contribution in [-0.4, -0.2) is 0 Å². The van der Waals surface area contributed by atoms with Crippen LogP contribution in [-0.2, 0) is 0 Å². The minimum Gasteiger partial charge on any atom is -0.0808 e. The quantitative estimate of drug-likeness (QED) is 0.651. The summed E-state index contributed by atoms with van der Waals surface area (Å²) in [6, 6.07) is 10.6. The molecule has 73 valence electrons. The zero-order valence-corrected chi connectivity index (χ0v) is 8.52. The van der Waals surface area contributed by atoms with E-state index in [0.29, 0.717) is 0 Å². The summed E-state index contributed by atoms with van der Waals surface area (Å²) in [4.78, 5) is 0. The SMILES string of the molecule is [CH]1CCC(C=Cc2ccccc2)CC1. The Bertz CT molecular complexity index is 278. The first kappa shape index (κ1) is 9.51. The molecule has 14 heavy (non-hydrogen) atoms. The standard InChI is InChI=1S/C14H17/c1-3-7-13(8-4-1)11-12-14-9-5-2-6-10-14/h1-4,7-8,11-12,14H,5-6,9-10H2. The summed E-state index contributed by atoms with van der Waals surface area (Å²) < 4.78 is 0. The zero-order valence-electron chi connectivity index (χ0n) is 8.52. The highest BCUT2D eigenvalue weighted by atomic mass is 14.1. The topological polar surface area (TPSA) is 0 Å². The Kier molecular flexibility index (Phi) is 3.39. The molecule has 0 nitrogen and oxygen atoms in total. The minimum absolute atomic E-state index is 0.806. The van der Waals surface area contributed by atoms with Gasteiger partial charge >= 0.3 is 0 Å². The van der Waals surface area contributed by atoms with E-state index < -0.39 is 0 Å². The summed E-state index contributed by atoms with van der Waals surface area (Å²) in [5.74, 6) is 0.806. The maximum Gasteiger partial charge on any atom is -0.0230 e. The number of hydrogen-bond acceptors (Lipinski definition) is 0. The lowest BCUT2D eigenvalue weighted by Gasteiger charge is -2.17. The molecule has 2 rings (SSSR count). The van der Waals surface area contributed by atoms with Gasteiger partial charge in [0.25, 0.3) is 0 Å². The van der Waals surface area contributed by atoms with Gasteiger partial charge in [0.2, 0.25) is 0 Å². The zero-order chi connectivity index (χ0) is 9.64. The lowest BCUT2D eigenvalue weighted by Crippen LogP contribution is -2.02. The fraction of sp³-hybridized carbons (Fsp3) is 0.357. The molecule has 0 bridgehead atoms. The van der Waals surface area contributed by atoms with Gasteiger partial charge in [-0.3, -0.25) is 0 Å². The number of rotatable bonds is 2. The molecule has 0 heterocycles. The normalized spacial score (nSPS) is 18.9. The maximum absolute atomic E-state index is 2.41. The molecule has 0 unspecified atom stereocenters. The second kappa shape index (κ2) is 4.99. The Morgan fingerprint density at radius 2 is 1.71 bits per heavy atom. The van der Waals surface area contributed by atoms with Crippen LogP contribution in [0.1, 0.15) is 31.2 Å². The predicted octanol–water partition coefficient (Wildman–Crippen LogP) is 4.09. The average Bonchev–Trinajstić information content (AvgIpc) is 2.29. The number of benzene rings is 1. The molecule has 1 aliphatic carbocycles. The van der Waals surface area contributed by atoms with Gasteiger partial charge in [-0.2, -0.15) is 0 Å². The number of hydrogen-bond donors (Lipinski definition) is 0. The third-order valence-electron chi connectivity index (χ3n) is 2.84. The molecular weight excluding hydrogens is 168 g/mol. The average molecular weight is 185 g/mol. The van der Waals surface area contributed by atoms with Crippen LogP contribution >= 0.6 is 0 Å². The molecule has 0 amide bonds. The molecule has 0 spiro atoms. The lowest BCUT2D eigenvalue weighted by atomic mass is 9.89. The fourth-order valence-electron chi connectivity index (χ4n) is 1.96. The van der Waals surface area contributed by atoms with Crippen LogP contribution < -0.4 is 0 Å². The summed E-state index contributed by atoms with van der Waals surface area (Å²) in [7, 11) is 0. The molecule has 1 aliphatic rings. The highest BCUT2D eigenvalue weighted by Crippen LogP contribution is 2.24. The van der Waals surface area contributed by atoms with Gasteiger partial charge in [0.1, 0.15) is 0 Å². The van der Waals surface area contributed by atoms with Crippen LogP contribution in [0.15, 0.2) is 36.4 Å². The molecule has 0 N–H and O–H groups in total. The van der Waals surface area contributed by atoms with Crippen molar-refractivity contribution in [3.05, 3.63) is 48.4 Å². The third kappa shape index (κ3) is 2.73. The van der Waals surface area contributed by atoms with E-state index in [-0.39, 0.29) is 0 Å². The van der Waals surface area contributed by atoms with Gasteiger partial charge in [0.15, 0.2) is 0 Å². The lowest BCUT2D eigenvalue weighted by molar-refractivity contribution is 0.484. The predicted molar refractivity (Wildman–Crippen MR) is 61.7 cm³/mol. The maximum atomic E-state index is 2.41. The van der Waals surface area contributed by atoms with E-state index in [1.807, 2.05) is 0 Å². The molecule has 1 aromatic rings. The van der Waals surface area contributed by atoms with E-state index in [9.17, 15) is 0 Å². The van der Waals surface area contributed by atoms with Crippen molar-refractivity contribution in [3.63, 3.8) is 0 Å². The van der Waals surface area contributed by atoms with Gasteiger partial charge in [-0.05, 0) is 43.6 Å². The van der Waals surface area contributed by atoms with Gasteiger partial charge in [-0.1, -0.05) is 42.5 Å². The Morgan fingerprint density at radius 1 is 1.00 bits per heavy atom. The van der Waals surface area contributed by atoms with Gasteiger partial charge in [-0.15, -0.1) is 0 Å². The van der Waals surface area contributed by atoms with Crippen molar-refractivity contribution in [2.24, 2.45) is 5.92 Å². The highest BCUT2D eigenvalue weighted by Gasteiger charge is 2.09. The smallest absolute Gasteiger partial charge is 0.0230 e. The summed E-state index contributed by atoms with van der Waals surface area (Å²) in [6.45, 7) is 0. The first-order valence-corrected chi connectivity index (χ1v) is 5.50. The molecule has 0 atom stereocenters. The van der Waals surface area contributed by atoms with Crippen molar-refractivity contribution in [2.75, 3.05) is 0 Å². The van der Waals surface area contributed by atoms with Gasteiger partial charge in [-0.25, -0.2) is 0 Å². The van der Waals surface area contributed by atoms with Crippen molar-refractivity contribution in [3.8, 4) is 0 Å². The monoisotopic (exact) mass is 185 g/mol. The molecule has 0 aliphatic heterocycles. The molecule has 0 aromatic heterocycles. The van der Waals surface area contributed by atoms with E-state index in [2.05, 4.69) is 48.9 Å². The summed E-state index contributed by atoms with van der Waals surface area (Å²) in [5.41, 5.74) is 1.32. The fourth-order valence-corrected chi connectivity index (χ4v) is 1.96. The van der Waals surface area contributed by atoms with Gasteiger partial charge < -0.3 is 0 Å². The van der Waals surface area contributed by atoms with Crippen molar-refractivity contribution < 1.29 is 0 Å². The van der Waals surface area contributed by atoms with Gasteiger partial charge in [0, 0.05) is 0 Å². The van der Waals surface area contributed by atoms with Crippen LogP contribution in [0.5, 0.6) is 0 Å². The van der Waals surface area contributed by atoms with E-state index in [1.165, 1.54) is 31.2 Å². The van der Waals surface area contributed by atoms with Crippen molar-refractivity contribution in [1.82, 2.24) is 0 Å². The van der Waals surface area contributed by atoms with Crippen LogP contribution in [0.2, 0.25) is 0 Å². The molecule has 0 heteroatoms. The Hall–Kier alpha value is -1.04. The first-order valence-electron chi connectivity index (χ1n) is 5.50. The van der Waals surface area contributed by atoms with Crippen LogP contribution in [0.4, 0.5) is 0 Å². The van der Waals surface area contributed by atoms with Crippen LogP contribution in [0.3, 0.4) is 0 Å². The van der Waals surface area contributed by atoms with Crippen LogP contribution in [0.25, 0.3) is 6.08 Å². The Labute approximate surface area is 86.7 Å². The Morgan fingerprint density at radius 3 is 2.43 bits per heavy atom. The molecule has 1 fully saturated rings. The minimum atomic E-state index is 0.806. The molecular formula is C14H17. The van der Waals surface area contributed by atoms with Crippen molar-refractivity contribution in [1.29, 1.82) is 0 Å². The van der Waals surface area contributed by atoms with E-state index in [4.69, 9.17) is 0 Å². The van der Waals surface area contributed by atoms with E-state index >= 15 is 0 Å².